The summed E-state index contributed by atoms with van der Waals surface area (Å²) in [5, 5.41) is 6.38. The summed E-state index contributed by atoms with van der Waals surface area (Å²) in [6, 6.07) is 0.363. The zero-order chi connectivity index (χ0) is 18.1. The van der Waals surface area contributed by atoms with Crippen LogP contribution in [0.5, 0.6) is 0 Å². The minimum atomic E-state index is -0.120. The number of ether oxygens (including phenoxy) is 1. The first-order valence-electron chi connectivity index (χ1n) is 9.54. The minimum Gasteiger partial charge on any atom is -0.469 e. The topological polar surface area (TPSA) is 83.0 Å². The smallest absolute Gasteiger partial charge is 0.308 e. The van der Waals surface area contributed by atoms with Gasteiger partial charge < -0.3 is 20.3 Å². The van der Waals surface area contributed by atoms with Gasteiger partial charge in [0, 0.05) is 32.1 Å². The third kappa shape index (κ3) is 7.28. The fraction of sp³-hybridized carbons (Fsp3) is 0.833. The first kappa shape index (κ1) is 23.0. The molecule has 2 aliphatic rings. The van der Waals surface area contributed by atoms with E-state index in [9.17, 15) is 9.59 Å². The summed E-state index contributed by atoms with van der Waals surface area (Å²) in [7, 11) is 1.44. The van der Waals surface area contributed by atoms with Crippen molar-refractivity contribution in [2.24, 2.45) is 10.9 Å². The molecule has 0 bridgehead atoms. The van der Waals surface area contributed by atoms with Gasteiger partial charge in [0.05, 0.1) is 19.6 Å². The highest BCUT2D eigenvalue weighted by Gasteiger charge is 2.27. The number of carbonyl (C=O) groups is 2. The Balaban J connectivity index is 0.00000338. The van der Waals surface area contributed by atoms with Crippen molar-refractivity contribution in [3.8, 4) is 0 Å². The fourth-order valence-corrected chi connectivity index (χ4v) is 3.55. The zero-order valence-corrected chi connectivity index (χ0v) is 18.3. The van der Waals surface area contributed by atoms with Gasteiger partial charge in [0.1, 0.15) is 0 Å². The highest BCUT2D eigenvalue weighted by molar-refractivity contribution is 14.0. The number of hydrogen-bond donors (Lipinski definition) is 2. The van der Waals surface area contributed by atoms with Crippen molar-refractivity contribution < 1.29 is 14.3 Å². The largest absolute Gasteiger partial charge is 0.469 e. The number of halogens is 1. The number of esters is 1. The van der Waals surface area contributed by atoms with Crippen molar-refractivity contribution in [3.63, 3.8) is 0 Å². The Bertz CT molecular complexity index is 473. The molecule has 0 aromatic heterocycles. The number of piperidine rings is 1. The molecular formula is C18H33IN4O3. The third-order valence-corrected chi connectivity index (χ3v) is 4.98. The van der Waals surface area contributed by atoms with E-state index >= 15 is 0 Å². The molecule has 1 saturated heterocycles. The summed E-state index contributed by atoms with van der Waals surface area (Å²) in [4.78, 5) is 30.4. The van der Waals surface area contributed by atoms with Crippen LogP contribution in [0.25, 0.3) is 0 Å². The van der Waals surface area contributed by atoms with Gasteiger partial charge in [-0.2, -0.15) is 0 Å². The molecule has 2 rings (SSSR count). The van der Waals surface area contributed by atoms with Crippen LogP contribution < -0.4 is 10.6 Å². The van der Waals surface area contributed by atoms with Crippen LogP contribution in [0, 0.1) is 5.92 Å². The van der Waals surface area contributed by atoms with Gasteiger partial charge in [0.25, 0.3) is 0 Å². The van der Waals surface area contributed by atoms with Crippen LogP contribution in [0.15, 0.2) is 4.99 Å². The van der Waals surface area contributed by atoms with Gasteiger partial charge in [-0.25, -0.2) is 0 Å². The Labute approximate surface area is 173 Å². The van der Waals surface area contributed by atoms with Crippen LogP contribution in [0.2, 0.25) is 0 Å². The van der Waals surface area contributed by atoms with E-state index in [0.717, 1.165) is 51.3 Å². The molecule has 2 fully saturated rings. The Morgan fingerprint density at radius 2 is 1.81 bits per heavy atom. The second-order valence-electron chi connectivity index (χ2n) is 6.82. The molecule has 1 amide bonds. The number of guanidine groups is 1. The van der Waals surface area contributed by atoms with Gasteiger partial charge in [0.15, 0.2) is 5.96 Å². The molecule has 0 atom stereocenters. The van der Waals surface area contributed by atoms with E-state index in [-0.39, 0.29) is 41.8 Å². The van der Waals surface area contributed by atoms with Crippen molar-refractivity contribution in [2.45, 2.75) is 57.9 Å². The fourth-order valence-electron chi connectivity index (χ4n) is 3.55. The highest BCUT2D eigenvalue weighted by atomic mass is 127. The lowest BCUT2D eigenvalue weighted by Gasteiger charge is -2.33. The molecule has 1 aliphatic carbocycles. The summed E-state index contributed by atoms with van der Waals surface area (Å²) in [6.07, 6.45) is 6.62. The van der Waals surface area contributed by atoms with Gasteiger partial charge >= 0.3 is 5.97 Å². The third-order valence-electron chi connectivity index (χ3n) is 4.98. The summed E-state index contributed by atoms with van der Waals surface area (Å²) in [5.41, 5.74) is 0. The number of nitrogens with one attached hydrogen (secondary N) is 2. The normalized spacial score (nSPS) is 19.0. The van der Waals surface area contributed by atoms with E-state index < -0.39 is 0 Å². The predicted octanol–water partition coefficient (Wildman–Crippen LogP) is 1.90. The molecular weight excluding hydrogens is 447 g/mol. The van der Waals surface area contributed by atoms with Crippen LogP contribution in [-0.2, 0) is 14.3 Å². The molecule has 0 unspecified atom stereocenters. The summed E-state index contributed by atoms with van der Waals surface area (Å²) in [6.45, 7) is 4.85. The maximum Gasteiger partial charge on any atom is 0.308 e. The Hall–Kier alpha value is -1.06. The van der Waals surface area contributed by atoms with Crippen molar-refractivity contribution in [1.29, 1.82) is 0 Å². The zero-order valence-electron chi connectivity index (χ0n) is 16.0. The maximum absolute atomic E-state index is 12.0. The van der Waals surface area contributed by atoms with Gasteiger partial charge in [0.2, 0.25) is 5.91 Å². The van der Waals surface area contributed by atoms with Crippen molar-refractivity contribution >= 4 is 41.8 Å². The summed E-state index contributed by atoms with van der Waals surface area (Å²) < 4.78 is 4.83. The first-order valence-corrected chi connectivity index (χ1v) is 9.54. The predicted molar refractivity (Wildman–Crippen MR) is 113 cm³/mol. The molecule has 150 valence electrons. The number of aliphatic imine (C=N–C) groups is 1. The van der Waals surface area contributed by atoms with Gasteiger partial charge in [-0.05, 0) is 32.6 Å². The molecule has 0 radical (unpaired) electrons. The van der Waals surface area contributed by atoms with Crippen LogP contribution >= 0.6 is 24.0 Å². The number of amides is 1. The Morgan fingerprint density at radius 3 is 2.38 bits per heavy atom. The van der Waals surface area contributed by atoms with Crippen molar-refractivity contribution in [3.05, 3.63) is 0 Å². The number of rotatable bonds is 6. The van der Waals surface area contributed by atoms with Gasteiger partial charge in [-0.1, -0.05) is 12.8 Å². The summed E-state index contributed by atoms with van der Waals surface area (Å²) >= 11 is 0. The van der Waals surface area contributed by atoms with E-state index in [1.165, 1.54) is 20.0 Å². The molecule has 7 nitrogen and oxygen atoms in total. The van der Waals surface area contributed by atoms with E-state index in [0.29, 0.717) is 19.0 Å². The molecule has 2 N–H and O–H groups in total. The lowest BCUT2D eigenvalue weighted by Crippen LogP contribution is -2.46. The molecule has 1 aliphatic heterocycles. The van der Waals surface area contributed by atoms with E-state index in [4.69, 9.17) is 4.74 Å². The lowest BCUT2D eigenvalue weighted by atomic mass is 9.97. The molecule has 0 aromatic carbocycles. The van der Waals surface area contributed by atoms with Crippen molar-refractivity contribution in [1.82, 2.24) is 15.5 Å². The SMILES string of the molecule is CCNC(=NCCC(=O)NC1CCCC1)N1CCC(C(=O)OC)CC1.I. The highest BCUT2D eigenvalue weighted by Crippen LogP contribution is 2.19. The monoisotopic (exact) mass is 480 g/mol. The molecule has 0 aromatic rings. The number of likely N-dealkylation sites (tertiary alicyclic amines) is 1. The van der Waals surface area contributed by atoms with E-state index in [1.807, 2.05) is 6.92 Å². The van der Waals surface area contributed by atoms with Crippen LogP contribution in [0.3, 0.4) is 0 Å². The number of nitrogens with zero attached hydrogens (tertiary/aromatic N) is 2. The van der Waals surface area contributed by atoms with Crippen LogP contribution in [0.4, 0.5) is 0 Å². The number of carbonyl (C=O) groups excluding carboxylic acids is 2. The second-order valence-corrected chi connectivity index (χ2v) is 6.82. The second kappa shape index (κ2) is 12.3. The molecule has 26 heavy (non-hydrogen) atoms. The average molecular weight is 480 g/mol. The van der Waals surface area contributed by atoms with Gasteiger partial charge in [-0.15, -0.1) is 24.0 Å². The van der Waals surface area contributed by atoms with E-state index in [1.54, 1.807) is 0 Å². The molecule has 0 spiro atoms. The van der Waals surface area contributed by atoms with Crippen LogP contribution in [-0.4, -0.2) is 62.1 Å². The average Bonchev–Trinajstić information content (AvgIpc) is 3.13. The van der Waals surface area contributed by atoms with E-state index in [2.05, 4.69) is 20.5 Å². The standard InChI is InChI=1S/C18H32N4O3.HI/c1-3-19-18(22-12-9-14(10-13-22)17(24)25-2)20-11-8-16(23)21-15-6-4-5-7-15;/h14-15H,3-13H2,1-2H3,(H,19,20)(H,21,23);1H. The summed E-state index contributed by atoms with van der Waals surface area (Å²) in [5.74, 6) is 0.793. The molecule has 8 heteroatoms. The number of hydrogen-bond acceptors (Lipinski definition) is 4. The van der Waals surface area contributed by atoms with Gasteiger partial charge in [-0.3, -0.25) is 14.6 Å². The minimum absolute atomic E-state index is 0. The molecule has 1 saturated carbocycles. The quantitative estimate of drug-likeness (QED) is 0.263. The number of methoxy groups -OCH3 is 1. The lowest BCUT2D eigenvalue weighted by molar-refractivity contribution is -0.146. The Morgan fingerprint density at radius 1 is 1.15 bits per heavy atom. The maximum atomic E-state index is 12.0. The Kier molecular flexibility index (Phi) is 10.9. The van der Waals surface area contributed by atoms with Crippen LogP contribution in [0.1, 0.15) is 51.9 Å². The first-order chi connectivity index (χ1) is 12.1. The van der Waals surface area contributed by atoms with Crippen molar-refractivity contribution in [2.75, 3.05) is 33.3 Å². The molecule has 1 heterocycles.